The van der Waals surface area contributed by atoms with Gasteiger partial charge >= 0.3 is 0 Å². The molecule has 3 atom stereocenters. The second kappa shape index (κ2) is 8.46. The smallest absolute Gasteiger partial charge is 0.149 e. The predicted molar refractivity (Wildman–Crippen MR) is 71.0 cm³/mol. The van der Waals surface area contributed by atoms with Gasteiger partial charge in [-0.3, -0.25) is 0 Å². The summed E-state index contributed by atoms with van der Waals surface area (Å²) in [5, 5.41) is 0. The Bertz CT molecular complexity index is 235. The Kier molecular flexibility index (Phi) is 7.18. The van der Waals surface area contributed by atoms with Crippen molar-refractivity contribution < 1.29 is 9.53 Å². The van der Waals surface area contributed by atoms with Crippen LogP contribution < -0.4 is 0 Å². The van der Waals surface area contributed by atoms with Gasteiger partial charge in [-0.2, -0.15) is 0 Å². The van der Waals surface area contributed by atoms with Crippen LogP contribution in [0.1, 0.15) is 58.8 Å². The van der Waals surface area contributed by atoms with E-state index < -0.39 is 0 Å². The van der Waals surface area contributed by atoms with Crippen molar-refractivity contribution >= 4 is 6.29 Å². The molecular weight excluding hydrogens is 212 g/mol. The van der Waals surface area contributed by atoms with E-state index >= 15 is 0 Å². The zero-order valence-corrected chi connectivity index (χ0v) is 11.2. The number of hydrogen-bond acceptors (Lipinski definition) is 2. The summed E-state index contributed by atoms with van der Waals surface area (Å²) in [7, 11) is 0. The Balaban J connectivity index is 2.22. The van der Waals surface area contributed by atoms with Crippen molar-refractivity contribution in [3.05, 3.63) is 12.2 Å². The summed E-state index contributed by atoms with van der Waals surface area (Å²) in [6, 6.07) is 0. The van der Waals surface area contributed by atoms with E-state index in [9.17, 15) is 4.79 Å². The molecule has 0 spiro atoms. The predicted octanol–water partition coefficient (Wildman–Crippen LogP) is 3.90. The molecular formula is C15H26O2. The van der Waals surface area contributed by atoms with Crippen molar-refractivity contribution in [1.82, 2.24) is 0 Å². The monoisotopic (exact) mass is 238 g/mol. The van der Waals surface area contributed by atoms with Gasteiger partial charge in [-0.15, -0.1) is 0 Å². The molecule has 0 radical (unpaired) electrons. The van der Waals surface area contributed by atoms with Crippen molar-refractivity contribution in [2.24, 2.45) is 5.92 Å². The van der Waals surface area contributed by atoms with Crippen molar-refractivity contribution in [2.45, 2.75) is 71.0 Å². The summed E-state index contributed by atoms with van der Waals surface area (Å²) < 4.78 is 5.82. The number of hydrogen-bond donors (Lipinski definition) is 0. The van der Waals surface area contributed by atoms with Gasteiger partial charge in [0.25, 0.3) is 0 Å². The highest BCUT2D eigenvalue weighted by Crippen LogP contribution is 2.20. The van der Waals surface area contributed by atoms with E-state index in [1.165, 1.54) is 25.7 Å². The highest BCUT2D eigenvalue weighted by atomic mass is 16.5. The van der Waals surface area contributed by atoms with Gasteiger partial charge in [0.1, 0.15) is 12.4 Å². The molecule has 2 heteroatoms. The molecule has 17 heavy (non-hydrogen) atoms. The van der Waals surface area contributed by atoms with Crippen LogP contribution in [0.15, 0.2) is 12.2 Å². The molecule has 98 valence electrons. The zero-order valence-electron chi connectivity index (χ0n) is 11.2. The lowest BCUT2D eigenvalue weighted by atomic mass is 9.97. The summed E-state index contributed by atoms with van der Waals surface area (Å²) in [4.78, 5) is 11.1. The minimum absolute atomic E-state index is 0.170. The minimum atomic E-state index is -0.218. The summed E-state index contributed by atoms with van der Waals surface area (Å²) in [5.74, 6) is 0.346. The molecule has 0 aromatic heterocycles. The highest BCUT2D eigenvalue weighted by Gasteiger charge is 2.21. The van der Waals surface area contributed by atoms with Crippen molar-refractivity contribution in [2.75, 3.05) is 0 Å². The normalized spacial score (nSPS) is 22.6. The molecule has 0 saturated carbocycles. The molecule has 1 aliphatic rings. The molecule has 0 aliphatic heterocycles. The molecule has 0 aromatic rings. The van der Waals surface area contributed by atoms with Gasteiger partial charge in [0.15, 0.2) is 0 Å². The maximum atomic E-state index is 11.1. The van der Waals surface area contributed by atoms with Crippen LogP contribution in [-0.4, -0.2) is 18.5 Å². The van der Waals surface area contributed by atoms with Gasteiger partial charge in [0, 0.05) is 0 Å². The fraction of sp³-hybridized carbons (Fsp3) is 0.800. The third-order valence-electron chi connectivity index (χ3n) is 3.51. The first kappa shape index (κ1) is 14.4. The van der Waals surface area contributed by atoms with Gasteiger partial charge in [0.05, 0.1) is 6.10 Å². The SMILES string of the molecule is CCCCCCC(C)C(C=O)OC1C=CCC1. The third-order valence-corrected chi connectivity index (χ3v) is 3.51. The first-order valence-corrected chi connectivity index (χ1v) is 7.05. The number of ether oxygens (including phenoxy) is 1. The Morgan fingerprint density at radius 1 is 1.41 bits per heavy atom. The molecule has 1 aliphatic carbocycles. The Morgan fingerprint density at radius 2 is 2.24 bits per heavy atom. The lowest BCUT2D eigenvalue weighted by Gasteiger charge is -2.22. The van der Waals surface area contributed by atoms with Gasteiger partial charge in [-0.25, -0.2) is 0 Å². The lowest BCUT2D eigenvalue weighted by molar-refractivity contribution is -0.124. The van der Waals surface area contributed by atoms with Crippen LogP contribution in [0, 0.1) is 5.92 Å². The van der Waals surface area contributed by atoms with Crippen molar-refractivity contribution in [3.63, 3.8) is 0 Å². The number of allylic oxidation sites excluding steroid dienone is 1. The number of aldehydes is 1. The molecule has 0 fully saturated rings. The van der Waals surface area contributed by atoms with Crippen LogP contribution in [0.25, 0.3) is 0 Å². The molecule has 0 aromatic carbocycles. The Labute approximate surface area is 105 Å². The van der Waals surface area contributed by atoms with E-state index in [4.69, 9.17) is 4.74 Å². The molecule has 0 heterocycles. The van der Waals surface area contributed by atoms with E-state index in [2.05, 4.69) is 26.0 Å². The van der Waals surface area contributed by atoms with Crippen LogP contribution in [0.3, 0.4) is 0 Å². The molecule has 2 nitrogen and oxygen atoms in total. The number of carbonyl (C=O) groups is 1. The molecule has 0 saturated heterocycles. The topological polar surface area (TPSA) is 26.3 Å². The number of carbonyl (C=O) groups excluding carboxylic acids is 1. The van der Waals surface area contributed by atoms with Gasteiger partial charge in [0.2, 0.25) is 0 Å². The molecule has 1 rings (SSSR count). The second-order valence-electron chi connectivity index (χ2n) is 5.11. The standard InChI is InChI=1S/C15H26O2/c1-3-4-5-6-9-13(2)15(12-16)17-14-10-7-8-11-14/h7,10,12-15H,3-6,8-9,11H2,1-2H3. The largest absolute Gasteiger partial charge is 0.363 e. The average Bonchev–Trinajstić information content (AvgIpc) is 2.84. The fourth-order valence-corrected chi connectivity index (χ4v) is 2.28. The molecule has 0 N–H and O–H groups in total. The summed E-state index contributed by atoms with van der Waals surface area (Å²) in [5.41, 5.74) is 0. The van der Waals surface area contributed by atoms with Crippen LogP contribution in [0.4, 0.5) is 0 Å². The van der Waals surface area contributed by atoms with E-state index in [1.807, 2.05) is 0 Å². The van der Waals surface area contributed by atoms with Crippen LogP contribution in [-0.2, 0) is 9.53 Å². The maximum Gasteiger partial charge on any atom is 0.149 e. The van der Waals surface area contributed by atoms with Crippen LogP contribution in [0.2, 0.25) is 0 Å². The Hall–Kier alpha value is -0.630. The zero-order chi connectivity index (χ0) is 12.5. The average molecular weight is 238 g/mol. The summed E-state index contributed by atoms with van der Waals surface area (Å²) in [6.45, 7) is 4.34. The van der Waals surface area contributed by atoms with Crippen molar-refractivity contribution in [3.8, 4) is 0 Å². The summed E-state index contributed by atoms with van der Waals surface area (Å²) >= 11 is 0. The maximum absolute atomic E-state index is 11.1. The van der Waals surface area contributed by atoms with Gasteiger partial charge in [-0.1, -0.05) is 51.7 Å². The van der Waals surface area contributed by atoms with E-state index in [0.29, 0.717) is 5.92 Å². The third kappa shape index (κ3) is 5.49. The fourth-order valence-electron chi connectivity index (χ4n) is 2.28. The van der Waals surface area contributed by atoms with Crippen LogP contribution in [0.5, 0.6) is 0 Å². The Morgan fingerprint density at radius 3 is 2.82 bits per heavy atom. The van der Waals surface area contributed by atoms with Crippen molar-refractivity contribution in [1.29, 1.82) is 0 Å². The van der Waals surface area contributed by atoms with Crippen LogP contribution >= 0.6 is 0 Å². The first-order chi connectivity index (χ1) is 8.27. The van der Waals surface area contributed by atoms with E-state index in [1.54, 1.807) is 0 Å². The lowest BCUT2D eigenvalue weighted by Crippen LogP contribution is -2.27. The first-order valence-electron chi connectivity index (χ1n) is 7.05. The molecule has 3 unspecified atom stereocenters. The van der Waals surface area contributed by atoms with E-state index in [0.717, 1.165) is 25.5 Å². The van der Waals surface area contributed by atoms with Gasteiger partial charge < -0.3 is 9.53 Å². The molecule has 0 amide bonds. The second-order valence-corrected chi connectivity index (χ2v) is 5.11. The molecule has 0 bridgehead atoms. The summed E-state index contributed by atoms with van der Waals surface area (Å²) in [6.07, 6.45) is 13.4. The number of rotatable bonds is 9. The van der Waals surface area contributed by atoms with Gasteiger partial charge in [-0.05, 0) is 25.2 Å². The highest BCUT2D eigenvalue weighted by molar-refractivity contribution is 5.56. The quantitative estimate of drug-likeness (QED) is 0.346. The van der Waals surface area contributed by atoms with E-state index in [-0.39, 0.29) is 12.2 Å². The number of unbranched alkanes of at least 4 members (excludes halogenated alkanes) is 3. The minimum Gasteiger partial charge on any atom is -0.363 e.